The van der Waals surface area contributed by atoms with Crippen LogP contribution < -0.4 is 5.32 Å². The lowest BCUT2D eigenvalue weighted by molar-refractivity contribution is 0.171. The van der Waals surface area contributed by atoms with Crippen molar-refractivity contribution in [3.63, 3.8) is 0 Å². The second-order valence-electron chi connectivity index (χ2n) is 5.60. The highest BCUT2D eigenvalue weighted by Gasteiger charge is 2.26. The molecular weight excluding hydrogens is 346 g/mol. The van der Waals surface area contributed by atoms with Gasteiger partial charge in [0, 0.05) is 0 Å². The first kappa shape index (κ1) is 15.4. The monoisotopic (exact) mass is 359 g/mol. The lowest BCUT2D eigenvalue weighted by Crippen LogP contribution is -2.28. The Morgan fingerprint density at radius 1 is 1.29 bits per heavy atom. The number of aromatic amines is 1. The Balaban J connectivity index is 1.68. The summed E-state index contributed by atoms with van der Waals surface area (Å²) in [4.78, 5) is 16.9. The fourth-order valence-corrected chi connectivity index (χ4v) is 3.67. The van der Waals surface area contributed by atoms with Gasteiger partial charge < -0.3 is 15.4 Å². The fraction of sp³-hybridized carbons (Fsp3) is 0.312. The molecule has 0 aliphatic heterocycles. The van der Waals surface area contributed by atoms with Gasteiger partial charge in [0.1, 0.15) is 5.52 Å². The maximum atomic E-state index is 10.0. The highest BCUT2D eigenvalue weighted by atomic mass is 35.5. The lowest BCUT2D eigenvalue weighted by Gasteiger charge is -2.17. The summed E-state index contributed by atoms with van der Waals surface area (Å²) in [5.74, 6) is 6.97. The Morgan fingerprint density at radius 3 is 2.96 bits per heavy atom. The van der Waals surface area contributed by atoms with Gasteiger partial charge in [-0.15, -0.1) is 11.3 Å². The van der Waals surface area contributed by atoms with Crippen molar-refractivity contribution in [1.82, 2.24) is 19.9 Å². The van der Waals surface area contributed by atoms with E-state index in [1.807, 2.05) is 12.1 Å². The highest BCUT2D eigenvalue weighted by Crippen LogP contribution is 2.25. The van der Waals surface area contributed by atoms with Crippen LogP contribution in [-0.2, 0) is 0 Å². The van der Waals surface area contributed by atoms with E-state index in [2.05, 4.69) is 37.1 Å². The molecule has 0 saturated heterocycles. The smallest absolute Gasteiger partial charge is 0.209 e. The van der Waals surface area contributed by atoms with Crippen LogP contribution in [-0.4, -0.2) is 37.2 Å². The number of hydrogen-bond donors (Lipinski definition) is 3. The first-order chi connectivity index (χ1) is 11.7. The molecule has 1 fully saturated rings. The summed E-state index contributed by atoms with van der Waals surface area (Å²) in [6.07, 6.45) is 3.94. The summed E-state index contributed by atoms with van der Waals surface area (Å²) in [7, 11) is 0. The van der Waals surface area contributed by atoms with Crippen molar-refractivity contribution in [2.24, 2.45) is 0 Å². The van der Waals surface area contributed by atoms with Gasteiger partial charge in [-0.05, 0) is 43.2 Å². The Hall–Kier alpha value is -2.14. The van der Waals surface area contributed by atoms with Crippen LogP contribution in [0.5, 0.6) is 0 Å². The number of rotatable bonds is 2. The zero-order valence-electron chi connectivity index (χ0n) is 12.6. The van der Waals surface area contributed by atoms with Crippen LogP contribution in [0.25, 0.3) is 11.2 Å². The van der Waals surface area contributed by atoms with E-state index >= 15 is 0 Å². The molecule has 2 atom stereocenters. The number of nitrogens with zero attached hydrogens (tertiary/aromatic N) is 3. The van der Waals surface area contributed by atoms with Crippen molar-refractivity contribution in [3.05, 3.63) is 33.5 Å². The summed E-state index contributed by atoms with van der Waals surface area (Å²) in [5, 5.41) is 13.3. The number of nitrogens with one attached hydrogen (secondary N) is 2. The number of anilines is 1. The van der Waals surface area contributed by atoms with E-state index in [0.29, 0.717) is 21.6 Å². The number of H-pyrrole nitrogens is 1. The topological polar surface area (TPSA) is 86.7 Å². The minimum atomic E-state index is -0.360. The van der Waals surface area contributed by atoms with Crippen LogP contribution in [0.3, 0.4) is 0 Å². The number of halogens is 1. The molecule has 0 aromatic carbocycles. The molecule has 3 heterocycles. The van der Waals surface area contributed by atoms with Gasteiger partial charge in [0.25, 0.3) is 0 Å². The Kier molecular flexibility index (Phi) is 4.10. The van der Waals surface area contributed by atoms with Gasteiger partial charge in [0.05, 0.1) is 27.7 Å². The van der Waals surface area contributed by atoms with E-state index in [9.17, 15) is 5.11 Å². The molecule has 3 N–H and O–H groups in total. The van der Waals surface area contributed by atoms with E-state index in [1.54, 1.807) is 6.33 Å². The third-order valence-corrected chi connectivity index (χ3v) is 5.10. The minimum Gasteiger partial charge on any atom is -0.391 e. The number of aliphatic hydroxyl groups excluding tert-OH is 1. The standard InChI is InChI=1S/C16H14ClN5OS/c17-12-6-4-9(24-12)5-7-13-21-15-14(18-8-19-15)16(22-13)20-10-2-1-3-11(10)23/h4,6,8,10-11,23H,1-3H2,(H2,18,19,20,21,22)/t10-,11-/m0/s1. The molecule has 1 saturated carbocycles. The van der Waals surface area contributed by atoms with Crippen LogP contribution in [0.15, 0.2) is 18.5 Å². The molecule has 0 unspecified atom stereocenters. The molecular formula is C16H14ClN5OS. The maximum Gasteiger partial charge on any atom is 0.209 e. The predicted molar refractivity (Wildman–Crippen MR) is 94.3 cm³/mol. The molecule has 0 spiro atoms. The molecule has 8 heteroatoms. The Labute approximate surface area is 147 Å². The quantitative estimate of drug-likeness (QED) is 0.612. The van der Waals surface area contributed by atoms with Crippen molar-refractivity contribution in [1.29, 1.82) is 0 Å². The van der Waals surface area contributed by atoms with E-state index in [1.165, 1.54) is 11.3 Å². The highest BCUT2D eigenvalue weighted by molar-refractivity contribution is 7.16. The third-order valence-electron chi connectivity index (χ3n) is 3.96. The summed E-state index contributed by atoms with van der Waals surface area (Å²) in [6, 6.07) is 3.66. The van der Waals surface area contributed by atoms with E-state index in [0.717, 1.165) is 29.7 Å². The van der Waals surface area contributed by atoms with Gasteiger partial charge in [-0.25, -0.2) is 9.97 Å². The number of aromatic nitrogens is 4. The van der Waals surface area contributed by atoms with E-state index in [4.69, 9.17) is 11.6 Å². The van der Waals surface area contributed by atoms with Crippen molar-refractivity contribution >= 4 is 39.9 Å². The molecule has 122 valence electrons. The zero-order valence-corrected chi connectivity index (χ0v) is 14.2. The predicted octanol–water partition coefficient (Wildman–Crippen LogP) is 2.79. The van der Waals surface area contributed by atoms with Crippen molar-refractivity contribution < 1.29 is 5.11 Å². The van der Waals surface area contributed by atoms with Crippen LogP contribution in [0.2, 0.25) is 4.34 Å². The molecule has 1 aliphatic rings. The molecule has 0 amide bonds. The SMILES string of the molecule is O[C@H]1CCC[C@@H]1Nc1nc(C#Cc2ccc(Cl)s2)nc2nc[nH]c12. The maximum absolute atomic E-state index is 10.0. The van der Waals surface area contributed by atoms with Crippen LogP contribution in [0.4, 0.5) is 5.82 Å². The van der Waals surface area contributed by atoms with Gasteiger partial charge in [-0.2, -0.15) is 4.98 Å². The second-order valence-corrected chi connectivity index (χ2v) is 7.31. The van der Waals surface area contributed by atoms with Crippen LogP contribution in [0, 0.1) is 11.8 Å². The van der Waals surface area contributed by atoms with E-state index < -0.39 is 0 Å². The average molecular weight is 360 g/mol. The fourth-order valence-electron chi connectivity index (χ4n) is 2.78. The van der Waals surface area contributed by atoms with Crippen LogP contribution in [0.1, 0.15) is 30.0 Å². The van der Waals surface area contributed by atoms with Crippen molar-refractivity contribution in [3.8, 4) is 11.8 Å². The normalized spacial score (nSPS) is 20.1. The van der Waals surface area contributed by atoms with E-state index in [-0.39, 0.29) is 12.1 Å². The van der Waals surface area contributed by atoms with Crippen molar-refractivity contribution in [2.75, 3.05) is 5.32 Å². The summed E-state index contributed by atoms with van der Waals surface area (Å²) in [6.45, 7) is 0. The molecule has 3 aromatic heterocycles. The number of thiophene rings is 1. The Bertz CT molecular complexity index is 941. The minimum absolute atomic E-state index is 0.0108. The Morgan fingerprint density at radius 2 is 2.21 bits per heavy atom. The summed E-state index contributed by atoms with van der Waals surface area (Å²) in [5.41, 5.74) is 1.27. The first-order valence-corrected chi connectivity index (χ1v) is 8.81. The second kappa shape index (κ2) is 6.40. The number of imidazole rings is 1. The van der Waals surface area contributed by atoms with Gasteiger partial charge in [0.2, 0.25) is 5.82 Å². The molecule has 6 nitrogen and oxygen atoms in total. The molecule has 0 radical (unpaired) electrons. The molecule has 1 aliphatic carbocycles. The summed E-state index contributed by atoms with van der Waals surface area (Å²) >= 11 is 7.32. The van der Waals surface area contributed by atoms with Gasteiger partial charge in [-0.3, -0.25) is 0 Å². The van der Waals surface area contributed by atoms with Gasteiger partial charge in [-0.1, -0.05) is 11.6 Å². The van der Waals surface area contributed by atoms with Gasteiger partial charge in [0.15, 0.2) is 11.5 Å². The molecule has 0 bridgehead atoms. The average Bonchev–Trinajstić information content (AvgIpc) is 3.28. The summed E-state index contributed by atoms with van der Waals surface area (Å²) < 4.78 is 0.695. The third kappa shape index (κ3) is 3.08. The molecule has 24 heavy (non-hydrogen) atoms. The zero-order chi connectivity index (χ0) is 16.5. The number of fused-ring (bicyclic) bond motifs is 1. The molecule has 3 aromatic rings. The largest absolute Gasteiger partial charge is 0.391 e. The lowest BCUT2D eigenvalue weighted by atomic mass is 10.2. The van der Waals surface area contributed by atoms with Crippen molar-refractivity contribution in [2.45, 2.75) is 31.4 Å². The van der Waals surface area contributed by atoms with Gasteiger partial charge >= 0.3 is 0 Å². The number of aliphatic hydroxyl groups is 1. The first-order valence-electron chi connectivity index (χ1n) is 7.62. The number of hydrogen-bond acceptors (Lipinski definition) is 6. The van der Waals surface area contributed by atoms with Crippen LogP contribution >= 0.6 is 22.9 Å². The molecule has 4 rings (SSSR count).